The average molecular weight is 369 g/mol. The molecule has 0 fully saturated rings. The summed E-state index contributed by atoms with van der Waals surface area (Å²) in [4.78, 5) is 10.4. The molecule has 0 amide bonds. The van der Waals surface area contributed by atoms with Crippen LogP contribution in [0.5, 0.6) is 17.2 Å². The lowest BCUT2D eigenvalue weighted by Crippen LogP contribution is -2.32. The summed E-state index contributed by atoms with van der Waals surface area (Å²) in [6.07, 6.45) is 0.273. The molecular weight excluding hydrogens is 346 g/mol. The molecule has 0 radical (unpaired) electrons. The van der Waals surface area contributed by atoms with Crippen molar-refractivity contribution in [3.63, 3.8) is 0 Å². The van der Waals surface area contributed by atoms with Crippen molar-refractivity contribution >= 4 is 5.97 Å². The zero-order valence-corrected chi connectivity index (χ0v) is 14.6. The second-order valence-electron chi connectivity index (χ2n) is 5.49. The van der Waals surface area contributed by atoms with Crippen LogP contribution in [0.4, 0.5) is 0 Å². The van der Waals surface area contributed by atoms with Crippen LogP contribution in [0.25, 0.3) is 0 Å². The highest BCUT2D eigenvalue weighted by Crippen LogP contribution is 2.10. The molecule has 0 saturated carbocycles. The molecule has 0 saturated heterocycles. The Morgan fingerprint density at radius 3 is 1.37 bits per heavy atom. The van der Waals surface area contributed by atoms with E-state index in [1.54, 1.807) is 60.7 Å². The lowest BCUT2D eigenvalue weighted by atomic mass is 10.1. The van der Waals surface area contributed by atoms with Crippen molar-refractivity contribution < 1.29 is 25.2 Å². The zero-order valence-electron chi connectivity index (χ0n) is 14.6. The van der Waals surface area contributed by atoms with E-state index < -0.39 is 12.0 Å². The lowest BCUT2D eigenvalue weighted by Gasteiger charge is -2.05. The summed E-state index contributed by atoms with van der Waals surface area (Å²) in [5.74, 6) is -0.217. The van der Waals surface area contributed by atoms with Gasteiger partial charge in [0.25, 0.3) is 0 Å². The Bertz CT molecular complexity index is 739. The minimum absolute atomic E-state index is 0.160. The quantitative estimate of drug-likeness (QED) is 0.483. The van der Waals surface area contributed by atoms with Gasteiger partial charge in [0.1, 0.15) is 23.3 Å². The summed E-state index contributed by atoms with van der Waals surface area (Å²) >= 11 is 0. The second-order valence-corrected chi connectivity index (χ2v) is 5.49. The van der Waals surface area contributed by atoms with Crippen molar-refractivity contribution in [3.05, 3.63) is 90.5 Å². The van der Waals surface area contributed by atoms with Crippen molar-refractivity contribution in [1.82, 2.24) is 0 Å². The molecular formula is C21H23NO5. The number of para-hydroxylation sites is 2. The number of nitrogens with two attached hydrogens (primary N) is 1. The Labute approximate surface area is 157 Å². The summed E-state index contributed by atoms with van der Waals surface area (Å²) in [5, 5.41) is 34.7. The van der Waals surface area contributed by atoms with Gasteiger partial charge in [-0.15, -0.1) is 0 Å². The van der Waals surface area contributed by atoms with Crippen LogP contribution < -0.4 is 5.73 Å². The van der Waals surface area contributed by atoms with E-state index in [4.69, 9.17) is 26.2 Å². The fourth-order valence-electron chi connectivity index (χ4n) is 1.83. The third-order valence-electron chi connectivity index (χ3n) is 3.22. The first-order valence-corrected chi connectivity index (χ1v) is 8.13. The third kappa shape index (κ3) is 10.2. The van der Waals surface area contributed by atoms with Crippen LogP contribution in [-0.4, -0.2) is 32.4 Å². The monoisotopic (exact) mass is 369 g/mol. The molecule has 0 aliphatic heterocycles. The maximum Gasteiger partial charge on any atom is 0.320 e. The van der Waals surface area contributed by atoms with E-state index in [1.165, 1.54) is 12.1 Å². The number of benzene rings is 3. The Morgan fingerprint density at radius 1 is 0.704 bits per heavy atom. The molecule has 0 spiro atoms. The zero-order chi connectivity index (χ0) is 20.1. The molecule has 1 atom stereocenters. The summed E-state index contributed by atoms with van der Waals surface area (Å²) < 4.78 is 0. The first kappa shape index (κ1) is 21.5. The van der Waals surface area contributed by atoms with Gasteiger partial charge in [-0.1, -0.05) is 48.5 Å². The van der Waals surface area contributed by atoms with Gasteiger partial charge in [0.2, 0.25) is 0 Å². The third-order valence-corrected chi connectivity index (χ3v) is 3.22. The van der Waals surface area contributed by atoms with Gasteiger partial charge in [-0.3, -0.25) is 4.79 Å². The molecule has 142 valence electrons. The number of hydrogen-bond acceptors (Lipinski definition) is 5. The van der Waals surface area contributed by atoms with E-state index in [9.17, 15) is 4.79 Å². The SMILES string of the molecule is NC(Cc1ccc(O)cc1)C(=O)O.Oc1ccccc1.Oc1ccccc1. The fraction of sp³-hybridized carbons (Fsp3) is 0.0952. The van der Waals surface area contributed by atoms with Crippen molar-refractivity contribution in [2.24, 2.45) is 5.73 Å². The van der Waals surface area contributed by atoms with Gasteiger partial charge >= 0.3 is 5.97 Å². The van der Waals surface area contributed by atoms with Crippen LogP contribution in [0.3, 0.4) is 0 Å². The molecule has 3 aromatic carbocycles. The Balaban J connectivity index is 0.000000220. The number of hydrogen-bond donors (Lipinski definition) is 5. The normalized spacial score (nSPS) is 10.4. The van der Waals surface area contributed by atoms with Gasteiger partial charge in [-0.05, 0) is 48.4 Å². The number of carboxylic acid groups (broad SMARTS) is 1. The van der Waals surface area contributed by atoms with Gasteiger partial charge in [0.05, 0.1) is 0 Å². The Hall–Kier alpha value is -3.51. The maximum absolute atomic E-state index is 10.4. The summed E-state index contributed by atoms with van der Waals surface area (Å²) in [5.41, 5.74) is 6.12. The predicted octanol–water partition coefficient (Wildman–Crippen LogP) is 3.13. The van der Waals surface area contributed by atoms with Crippen molar-refractivity contribution in [1.29, 1.82) is 0 Å². The van der Waals surface area contributed by atoms with E-state index in [0.29, 0.717) is 11.5 Å². The number of carbonyl (C=O) groups is 1. The van der Waals surface area contributed by atoms with E-state index >= 15 is 0 Å². The highest BCUT2D eigenvalue weighted by Gasteiger charge is 2.11. The molecule has 0 bridgehead atoms. The van der Waals surface area contributed by atoms with Crippen molar-refractivity contribution in [2.45, 2.75) is 12.5 Å². The van der Waals surface area contributed by atoms with Gasteiger partial charge in [-0.25, -0.2) is 0 Å². The Kier molecular flexibility index (Phi) is 9.52. The number of aliphatic carboxylic acids is 1. The van der Waals surface area contributed by atoms with Gasteiger partial charge in [0.15, 0.2) is 0 Å². The molecule has 0 heterocycles. The number of phenols is 3. The summed E-state index contributed by atoms with van der Waals surface area (Å²) in [7, 11) is 0. The lowest BCUT2D eigenvalue weighted by molar-refractivity contribution is -0.138. The summed E-state index contributed by atoms with van der Waals surface area (Å²) in [6.45, 7) is 0. The van der Waals surface area contributed by atoms with Gasteiger partial charge < -0.3 is 26.2 Å². The first-order valence-electron chi connectivity index (χ1n) is 8.13. The molecule has 0 aromatic heterocycles. The van der Waals surface area contributed by atoms with Crippen LogP contribution in [0.1, 0.15) is 5.56 Å². The van der Waals surface area contributed by atoms with Crippen LogP contribution in [0.2, 0.25) is 0 Å². The number of phenolic OH excluding ortho intramolecular Hbond substituents is 3. The molecule has 6 nitrogen and oxygen atoms in total. The van der Waals surface area contributed by atoms with E-state index in [2.05, 4.69) is 0 Å². The molecule has 0 aliphatic rings. The molecule has 0 aliphatic carbocycles. The fourth-order valence-corrected chi connectivity index (χ4v) is 1.83. The molecule has 3 rings (SSSR count). The largest absolute Gasteiger partial charge is 0.508 e. The minimum atomic E-state index is -1.02. The predicted molar refractivity (Wildman–Crippen MR) is 104 cm³/mol. The van der Waals surface area contributed by atoms with Gasteiger partial charge in [-0.2, -0.15) is 0 Å². The van der Waals surface area contributed by atoms with Crippen molar-refractivity contribution in [3.8, 4) is 17.2 Å². The smallest absolute Gasteiger partial charge is 0.320 e. The standard InChI is InChI=1S/C9H11NO3.2C6H6O/c10-8(9(12)13)5-6-1-3-7(11)4-2-6;2*7-6-4-2-1-3-5-6/h1-4,8,11H,5,10H2,(H,12,13);2*1-5,7H. The van der Waals surface area contributed by atoms with Crippen LogP contribution >= 0.6 is 0 Å². The Morgan fingerprint density at radius 2 is 1.07 bits per heavy atom. The summed E-state index contributed by atoms with van der Waals surface area (Å²) in [6, 6.07) is 22.9. The average Bonchev–Trinajstić information content (AvgIpc) is 2.66. The van der Waals surface area contributed by atoms with Gasteiger partial charge in [0, 0.05) is 0 Å². The molecule has 6 heteroatoms. The van der Waals surface area contributed by atoms with Crippen LogP contribution in [-0.2, 0) is 11.2 Å². The van der Waals surface area contributed by atoms with Crippen molar-refractivity contribution in [2.75, 3.05) is 0 Å². The first-order chi connectivity index (χ1) is 12.9. The topological polar surface area (TPSA) is 124 Å². The molecule has 3 aromatic rings. The molecule has 6 N–H and O–H groups in total. The number of rotatable bonds is 3. The maximum atomic E-state index is 10.4. The molecule has 1 unspecified atom stereocenters. The second kappa shape index (κ2) is 11.9. The highest BCUT2D eigenvalue weighted by atomic mass is 16.4. The minimum Gasteiger partial charge on any atom is -0.508 e. The van der Waals surface area contributed by atoms with E-state index in [1.807, 2.05) is 12.1 Å². The van der Waals surface area contributed by atoms with Crippen LogP contribution in [0.15, 0.2) is 84.9 Å². The molecule has 27 heavy (non-hydrogen) atoms. The number of carboxylic acids is 1. The van der Waals surface area contributed by atoms with E-state index in [-0.39, 0.29) is 12.2 Å². The highest BCUT2D eigenvalue weighted by molar-refractivity contribution is 5.73. The number of aromatic hydroxyl groups is 3. The van der Waals surface area contributed by atoms with Crippen LogP contribution in [0, 0.1) is 0 Å². The van der Waals surface area contributed by atoms with E-state index in [0.717, 1.165) is 5.56 Å².